The molecule has 1 unspecified atom stereocenters. The van der Waals surface area contributed by atoms with Gasteiger partial charge >= 0.3 is 17.9 Å². The first-order valence-electron chi connectivity index (χ1n) is 26.1. The zero-order valence-corrected chi connectivity index (χ0v) is 40.4. The number of rotatable bonds is 47. The molecule has 0 radical (unpaired) electrons. The molecule has 0 spiro atoms. The summed E-state index contributed by atoms with van der Waals surface area (Å²) in [6, 6.07) is 0. The Morgan fingerprint density at radius 2 is 0.656 bits per heavy atom. The summed E-state index contributed by atoms with van der Waals surface area (Å²) in [5.74, 6) is -0.903. The largest absolute Gasteiger partial charge is 0.462 e. The zero-order chi connectivity index (χ0) is 44.4. The van der Waals surface area contributed by atoms with Crippen LogP contribution in [0.4, 0.5) is 0 Å². The van der Waals surface area contributed by atoms with E-state index < -0.39 is 6.10 Å². The molecule has 0 aromatic rings. The van der Waals surface area contributed by atoms with E-state index in [0.717, 1.165) is 89.9 Å². The molecule has 0 aromatic heterocycles. The van der Waals surface area contributed by atoms with Gasteiger partial charge in [0.05, 0.1) is 0 Å². The van der Waals surface area contributed by atoms with Crippen molar-refractivity contribution in [3.8, 4) is 0 Å². The average molecular weight is 855 g/mol. The number of hydrogen-bond acceptors (Lipinski definition) is 6. The first-order valence-corrected chi connectivity index (χ1v) is 26.1. The average Bonchev–Trinajstić information content (AvgIpc) is 3.26. The minimum absolute atomic E-state index is 0.0826. The molecular formula is C55H98O6. The van der Waals surface area contributed by atoms with Crippen LogP contribution in [0.3, 0.4) is 0 Å². The molecule has 6 heteroatoms. The summed E-state index contributed by atoms with van der Waals surface area (Å²) >= 11 is 0. The minimum Gasteiger partial charge on any atom is -0.462 e. The Morgan fingerprint density at radius 3 is 1.05 bits per heavy atom. The molecular weight excluding hydrogens is 757 g/mol. The van der Waals surface area contributed by atoms with Gasteiger partial charge < -0.3 is 14.2 Å². The molecule has 0 heterocycles. The molecule has 0 aliphatic heterocycles. The molecule has 0 aliphatic rings. The second kappa shape index (κ2) is 50.0. The molecule has 0 aromatic carbocycles. The number of esters is 3. The van der Waals surface area contributed by atoms with Crippen LogP contribution in [0, 0.1) is 0 Å². The summed E-state index contributed by atoms with van der Waals surface area (Å²) in [7, 11) is 0. The summed E-state index contributed by atoms with van der Waals surface area (Å²) < 4.78 is 16.8. The van der Waals surface area contributed by atoms with Gasteiger partial charge in [-0.2, -0.15) is 0 Å². The standard InChI is InChI=1S/C55H98O6/c1-4-7-10-13-16-19-22-24-26-27-28-29-31-33-36-39-42-45-48-54(57)60-51-52(50-59-53(56)47-44-41-38-35-32-21-18-15-12-9-6-3)61-55(58)49-46-43-40-37-34-30-25-23-20-17-14-11-8-5-2/h8,11,15,17-18,20,28-29,52H,4-7,9-10,12-14,16,19,21-27,30-51H2,1-3H3/b11-8-,18-15-,20-17-,29-28-. The van der Waals surface area contributed by atoms with Crippen molar-refractivity contribution >= 4 is 17.9 Å². The summed E-state index contributed by atoms with van der Waals surface area (Å²) in [4.78, 5) is 37.9. The van der Waals surface area contributed by atoms with Gasteiger partial charge in [-0.25, -0.2) is 0 Å². The van der Waals surface area contributed by atoms with E-state index in [1.54, 1.807) is 0 Å². The van der Waals surface area contributed by atoms with Crippen molar-refractivity contribution in [3.63, 3.8) is 0 Å². The van der Waals surface area contributed by atoms with Crippen LogP contribution in [0.1, 0.15) is 265 Å². The fraction of sp³-hybridized carbons (Fsp3) is 0.800. The van der Waals surface area contributed by atoms with E-state index in [1.807, 2.05) is 0 Å². The third-order valence-electron chi connectivity index (χ3n) is 11.3. The lowest BCUT2D eigenvalue weighted by molar-refractivity contribution is -0.167. The monoisotopic (exact) mass is 855 g/mol. The van der Waals surface area contributed by atoms with Crippen molar-refractivity contribution in [1.29, 1.82) is 0 Å². The molecule has 0 saturated carbocycles. The first-order chi connectivity index (χ1) is 30.0. The molecule has 6 nitrogen and oxygen atoms in total. The van der Waals surface area contributed by atoms with Crippen molar-refractivity contribution in [1.82, 2.24) is 0 Å². The Hall–Kier alpha value is -2.63. The lowest BCUT2D eigenvalue weighted by Gasteiger charge is -2.18. The van der Waals surface area contributed by atoms with E-state index in [9.17, 15) is 14.4 Å². The molecule has 1 atom stereocenters. The Labute approximate surface area is 378 Å². The predicted octanol–water partition coefficient (Wildman–Crippen LogP) is 17.1. The SMILES string of the molecule is CC/C=C\C/C=C\CCCCCCCCCC(=O)OC(COC(=O)CCCCCCC/C=C\CCCC)COC(=O)CCCCCCC/C=C\CCCCCCCCCCC. The molecule has 0 saturated heterocycles. The van der Waals surface area contributed by atoms with Crippen LogP contribution in [0.2, 0.25) is 0 Å². The Balaban J connectivity index is 4.35. The molecule has 0 fully saturated rings. The summed E-state index contributed by atoms with van der Waals surface area (Å²) in [6.07, 6.45) is 59.5. The number of carbonyl (C=O) groups is 3. The van der Waals surface area contributed by atoms with Crippen molar-refractivity contribution in [2.75, 3.05) is 13.2 Å². The van der Waals surface area contributed by atoms with Crippen molar-refractivity contribution in [2.45, 2.75) is 271 Å². The third-order valence-corrected chi connectivity index (χ3v) is 11.3. The van der Waals surface area contributed by atoms with Gasteiger partial charge in [-0.3, -0.25) is 14.4 Å². The molecule has 0 aliphatic carbocycles. The quantitative estimate of drug-likeness (QED) is 0.0263. The van der Waals surface area contributed by atoms with Gasteiger partial charge in [-0.05, 0) is 89.9 Å². The van der Waals surface area contributed by atoms with Crippen LogP contribution >= 0.6 is 0 Å². The lowest BCUT2D eigenvalue weighted by atomic mass is 10.1. The number of unbranched alkanes of at least 4 members (excludes halogenated alkanes) is 28. The zero-order valence-electron chi connectivity index (χ0n) is 40.4. The summed E-state index contributed by atoms with van der Waals surface area (Å²) in [5, 5.41) is 0. The third kappa shape index (κ3) is 48.3. The van der Waals surface area contributed by atoms with E-state index in [0.29, 0.717) is 19.3 Å². The van der Waals surface area contributed by atoms with E-state index in [-0.39, 0.29) is 31.1 Å². The van der Waals surface area contributed by atoms with Gasteiger partial charge in [0.2, 0.25) is 0 Å². The van der Waals surface area contributed by atoms with E-state index in [2.05, 4.69) is 69.4 Å². The highest BCUT2D eigenvalue weighted by molar-refractivity contribution is 5.71. The number of allylic oxidation sites excluding steroid dienone is 8. The molecule has 61 heavy (non-hydrogen) atoms. The lowest BCUT2D eigenvalue weighted by Crippen LogP contribution is -2.30. The Bertz CT molecular complexity index is 1070. The van der Waals surface area contributed by atoms with Gasteiger partial charge in [0.25, 0.3) is 0 Å². The molecule has 0 bridgehead atoms. The minimum atomic E-state index is -0.782. The predicted molar refractivity (Wildman–Crippen MR) is 261 cm³/mol. The van der Waals surface area contributed by atoms with E-state index in [4.69, 9.17) is 14.2 Å². The fourth-order valence-corrected chi connectivity index (χ4v) is 7.34. The van der Waals surface area contributed by atoms with Gasteiger partial charge in [0, 0.05) is 19.3 Å². The normalized spacial score (nSPS) is 12.4. The van der Waals surface area contributed by atoms with Crippen molar-refractivity contribution in [3.05, 3.63) is 48.6 Å². The highest BCUT2D eigenvalue weighted by Gasteiger charge is 2.19. The van der Waals surface area contributed by atoms with Crippen LogP contribution < -0.4 is 0 Å². The molecule has 0 rings (SSSR count). The van der Waals surface area contributed by atoms with Gasteiger partial charge in [0.1, 0.15) is 13.2 Å². The first kappa shape index (κ1) is 58.4. The Kier molecular flexibility index (Phi) is 47.9. The topological polar surface area (TPSA) is 78.9 Å². The van der Waals surface area contributed by atoms with Crippen LogP contribution in [0.25, 0.3) is 0 Å². The van der Waals surface area contributed by atoms with Crippen LogP contribution in [0.15, 0.2) is 48.6 Å². The maximum Gasteiger partial charge on any atom is 0.306 e. The van der Waals surface area contributed by atoms with Crippen LogP contribution in [-0.4, -0.2) is 37.2 Å². The van der Waals surface area contributed by atoms with Gasteiger partial charge in [0.15, 0.2) is 6.10 Å². The highest BCUT2D eigenvalue weighted by atomic mass is 16.6. The van der Waals surface area contributed by atoms with Crippen LogP contribution in [-0.2, 0) is 28.6 Å². The van der Waals surface area contributed by atoms with Crippen molar-refractivity contribution < 1.29 is 28.6 Å². The fourth-order valence-electron chi connectivity index (χ4n) is 7.34. The van der Waals surface area contributed by atoms with Gasteiger partial charge in [-0.1, -0.05) is 204 Å². The van der Waals surface area contributed by atoms with E-state index >= 15 is 0 Å². The molecule has 0 N–H and O–H groups in total. The molecule has 354 valence electrons. The van der Waals surface area contributed by atoms with E-state index in [1.165, 1.54) is 135 Å². The second-order valence-electron chi connectivity index (χ2n) is 17.4. The number of hydrogen-bond donors (Lipinski definition) is 0. The number of ether oxygens (including phenoxy) is 3. The maximum absolute atomic E-state index is 12.8. The molecule has 0 amide bonds. The second-order valence-corrected chi connectivity index (χ2v) is 17.4. The van der Waals surface area contributed by atoms with Crippen molar-refractivity contribution in [2.24, 2.45) is 0 Å². The number of carbonyl (C=O) groups excluding carboxylic acids is 3. The van der Waals surface area contributed by atoms with Crippen LogP contribution in [0.5, 0.6) is 0 Å². The summed E-state index contributed by atoms with van der Waals surface area (Å²) in [6.45, 7) is 6.49. The maximum atomic E-state index is 12.8. The Morgan fingerprint density at radius 1 is 0.344 bits per heavy atom. The highest BCUT2D eigenvalue weighted by Crippen LogP contribution is 2.15. The van der Waals surface area contributed by atoms with Gasteiger partial charge in [-0.15, -0.1) is 0 Å². The smallest absolute Gasteiger partial charge is 0.306 e. The summed E-state index contributed by atoms with van der Waals surface area (Å²) in [5.41, 5.74) is 0.